The third kappa shape index (κ3) is 3.10. The summed E-state index contributed by atoms with van der Waals surface area (Å²) in [7, 11) is 0. The van der Waals surface area contributed by atoms with Gasteiger partial charge in [0.2, 0.25) is 0 Å². The fourth-order valence-electron chi connectivity index (χ4n) is 2.85. The van der Waals surface area contributed by atoms with E-state index in [0.717, 1.165) is 19.3 Å². The van der Waals surface area contributed by atoms with Gasteiger partial charge in [-0.05, 0) is 37.0 Å². The molecule has 0 bridgehead atoms. The van der Waals surface area contributed by atoms with Crippen LogP contribution in [0.5, 0.6) is 0 Å². The molecule has 0 spiro atoms. The van der Waals surface area contributed by atoms with Crippen molar-refractivity contribution in [3.63, 3.8) is 0 Å². The number of carbonyl (C=O) groups is 2. The molecule has 1 aliphatic rings. The second-order valence-electron chi connectivity index (χ2n) is 5.50. The van der Waals surface area contributed by atoms with E-state index in [1.807, 2.05) is 6.92 Å². The maximum absolute atomic E-state index is 13.8. The highest BCUT2D eigenvalue weighted by atomic mass is 79.9. The van der Waals surface area contributed by atoms with Gasteiger partial charge in [0.05, 0.1) is 5.56 Å². The van der Waals surface area contributed by atoms with Gasteiger partial charge in [0.15, 0.2) is 0 Å². The summed E-state index contributed by atoms with van der Waals surface area (Å²) in [6.07, 6.45) is 2.78. The smallest absolute Gasteiger partial charge is 0.329 e. The third-order valence-corrected chi connectivity index (χ3v) is 4.69. The Labute approximate surface area is 130 Å². The van der Waals surface area contributed by atoms with Crippen LogP contribution in [0.1, 0.15) is 43.0 Å². The quantitative estimate of drug-likeness (QED) is 0.871. The minimum atomic E-state index is -1.31. The van der Waals surface area contributed by atoms with Crippen molar-refractivity contribution in [2.45, 2.75) is 38.1 Å². The lowest BCUT2D eigenvalue weighted by atomic mass is 9.73. The van der Waals surface area contributed by atoms with Crippen molar-refractivity contribution in [3.05, 3.63) is 34.1 Å². The first-order valence-corrected chi connectivity index (χ1v) is 7.67. The Morgan fingerprint density at radius 3 is 2.71 bits per heavy atom. The largest absolute Gasteiger partial charge is 0.479 e. The van der Waals surface area contributed by atoms with Gasteiger partial charge in [-0.2, -0.15) is 0 Å². The molecule has 2 atom stereocenters. The maximum atomic E-state index is 13.8. The number of amides is 1. The Hall–Kier alpha value is -1.43. The highest BCUT2D eigenvalue weighted by Crippen LogP contribution is 2.34. The molecule has 4 nitrogen and oxygen atoms in total. The van der Waals surface area contributed by atoms with Gasteiger partial charge >= 0.3 is 5.97 Å². The summed E-state index contributed by atoms with van der Waals surface area (Å²) in [6.45, 7) is 1.81. The first-order valence-electron chi connectivity index (χ1n) is 6.88. The van der Waals surface area contributed by atoms with E-state index >= 15 is 0 Å². The second kappa shape index (κ2) is 6.13. The fraction of sp³-hybridized carbons (Fsp3) is 0.467. The first kappa shape index (κ1) is 15.9. The molecule has 1 amide bonds. The lowest BCUT2D eigenvalue weighted by molar-refractivity contribution is -0.148. The average Bonchev–Trinajstić information content (AvgIpc) is 2.41. The summed E-state index contributed by atoms with van der Waals surface area (Å²) < 4.78 is 14.4. The third-order valence-electron chi connectivity index (χ3n) is 4.19. The molecule has 1 aromatic carbocycles. The second-order valence-corrected chi connectivity index (χ2v) is 6.42. The number of rotatable bonds is 3. The van der Waals surface area contributed by atoms with Gasteiger partial charge in [0.25, 0.3) is 5.91 Å². The van der Waals surface area contributed by atoms with Crippen molar-refractivity contribution in [2.75, 3.05) is 0 Å². The van der Waals surface area contributed by atoms with Crippen molar-refractivity contribution < 1.29 is 19.1 Å². The molecule has 0 radical (unpaired) electrons. The van der Waals surface area contributed by atoms with Crippen LogP contribution in [-0.2, 0) is 4.79 Å². The Kier molecular flexibility index (Phi) is 4.66. The molecule has 1 aliphatic carbocycles. The topological polar surface area (TPSA) is 66.4 Å². The van der Waals surface area contributed by atoms with Gasteiger partial charge < -0.3 is 10.4 Å². The number of carbonyl (C=O) groups excluding carboxylic acids is 1. The predicted octanol–water partition coefficient (Wildman–Crippen LogP) is 3.35. The molecule has 0 heterocycles. The van der Waals surface area contributed by atoms with Crippen LogP contribution < -0.4 is 5.32 Å². The minimum Gasteiger partial charge on any atom is -0.479 e. The molecular formula is C15H17BrFNO3. The highest BCUT2D eigenvalue weighted by molar-refractivity contribution is 9.10. The van der Waals surface area contributed by atoms with E-state index in [0.29, 0.717) is 10.9 Å². The molecule has 2 N–H and O–H groups in total. The van der Waals surface area contributed by atoms with Crippen LogP contribution in [-0.4, -0.2) is 22.5 Å². The van der Waals surface area contributed by atoms with E-state index in [4.69, 9.17) is 0 Å². The van der Waals surface area contributed by atoms with E-state index < -0.39 is 23.2 Å². The van der Waals surface area contributed by atoms with Gasteiger partial charge in [-0.1, -0.05) is 35.7 Å². The number of aliphatic carboxylic acids is 1. The number of hydrogen-bond acceptors (Lipinski definition) is 2. The van der Waals surface area contributed by atoms with Crippen LogP contribution in [0.2, 0.25) is 0 Å². The van der Waals surface area contributed by atoms with Gasteiger partial charge in [-0.25, -0.2) is 9.18 Å². The lowest BCUT2D eigenvalue weighted by Crippen LogP contribution is -2.60. The molecule has 2 unspecified atom stereocenters. The number of halogens is 2. The van der Waals surface area contributed by atoms with E-state index in [2.05, 4.69) is 21.2 Å². The summed E-state index contributed by atoms with van der Waals surface area (Å²) in [5.74, 6) is -2.60. The first-order chi connectivity index (χ1) is 9.86. The van der Waals surface area contributed by atoms with Gasteiger partial charge in [0.1, 0.15) is 11.4 Å². The summed E-state index contributed by atoms with van der Waals surface area (Å²) in [6, 6.07) is 4.08. The molecule has 0 aromatic heterocycles. The summed E-state index contributed by atoms with van der Waals surface area (Å²) in [5, 5.41) is 12.1. The van der Waals surface area contributed by atoms with Crippen molar-refractivity contribution in [2.24, 2.45) is 5.92 Å². The molecule has 1 fully saturated rings. The molecule has 0 saturated heterocycles. The fourth-order valence-corrected chi connectivity index (χ4v) is 3.18. The predicted molar refractivity (Wildman–Crippen MR) is 79.6 cm³/mol. The van der Waals surface area contributed by atoms with Crippen molar-refractivity contribution in [1.82, 2.24) is 5.32 Å². The zero-order valence-electron chi connectivity index (χ0n) is 11.7. The van der Waals surface area contributed by atoms with E-state index in [-0.39, 0.29) is 11.5 Å². The SMILES string of the molecule is CC1CCCCC1(NC(=O)c1ccc(Br)cc1F)C(=O)O. The van der Waals surface area contributed by atoms with Crippen LogP contribution >= 0.6 is 15.9 Å². The molecule has 1 aromatic rings. The van der Waals surface area contributed by atoms with Gasteiger partial charge in [0, 0.05) is 4.47 Å². The number of hydrogen-bond donors (Lipinski definition) is 2. The Morgan fingerprint density at radius 2 is 2.14 bits per heavy atom. The number of carboxylic acid groups (broad SMARTS) is 1. The molecule has 0 aliphatic heterocycles. The summed E-state index contributed by atoms with van der Waals surface area (Å²) in [4.78, 5) is 23.9. The summed E-state index contributed by atoms with van der Waals surface area (Å²) in [5.41, 5.74) is -1.45. The minimum absolute atomic E-state index is 0.142. The Morgan fingerprint density at radius 1 is 1.43 bits per heavy atom. The molecule has 2 rings (SSSR count). The molecule has 114 valence electrons. The molecule has 1 saturated carbocycles. The number of benzene rings is 1. The maximum Gasteiger partial charge on any atom is 0.329 e. The van der Waals surface area contributed by atoms with Crippen LogP contribution in [0.15, 0.2) is 22.7 Å². The summed E-state index contributed by atoms with van der Waals surface area (Å²) >= 11 is 3.12. The normalized spacial score (nSPS) is 25.4. The zero-order chi connectivity index (χ0) is 15.6. The lowest BCUT2D eigenvalue weighted by Gasteiger charge is -2.39. The van der Waals surface area contributed by atoms with Crippen molar-refractivity contribution in [3.8, 4) is 0 Å². The number of nitrogens with one attached hydrogen (secondary N) is 1. The molecule has 6 heteroatoms. The number of carboxylic acids is 1. The van der Waals surface area contributed by atoms with Crippen LogP contribution in [0.25, 0.3) is 0 Å². The zero-order valence-corrected chi connectivity index (χ0v) is 13.2. The van der Waals surface area contributed by atoms with E-state index in [1.165, 1.54) is 12.1 Å². The van der Waals surface area contributed by atoms with E-state index in [1.54, 1.807) is 6.07 Å². The van der Waals surface area contributed by atoms with Gasteiger partial charge in [-0.15, -0.1) is 0 Å². The van der Waals surface area contributed by atoms with Gasteiger partial charge in [-0.3, -0.25) is 4.79 Å². The monoisotopic (exact) mass is 357 g/mol. The Balaban J connectivity index is 2.28. The molecular weight excluding hydrogens is 341 g/mol. The average molecular weight is 358 g/mol. The molecule has 21 heavy (non-hydrogen) atoms. The van der Waals surface area contributed by atoms with Crippen molar-refractivity contribution >= 4 is 27.8 Å². The van der Waals surface area contributed by atoms with Crippen LogP contribution in [0, 0.1) is 11.7 Å². The van der Waals surface area contributed by atoms with Crippen molar-refractivity contribution in [1.29, 1.82) is 0 Å². The highest BCUT2D eigenvalue weighted by Gasteiger charge is 2.46. The standard InChI is InChI=1S/C15H17BrFNO3/c1-9-4-2-3-7-15(9,14(20)21)18-13(19)11-6-5-10(16)8-12(11)17/h5-6,8-9H,2-4,7H2,1H3,(H,18,19)(H,20,21). The van der Waals surface area contributed by atoms with Crippen LogP contribution in [0.3, 0.4) is 0 Å². The van der Waals surface area contributed by atoms with E-state index in [9.17, 15) is 19.1 Å². The van der Waals surface area contributed by atoms with Crippen LogP contribution in [0.4, 0.5) is 4.39 Å². The Bertz CT molecular complexity index is 578.